The van der Waals surface area contributed by atoms with Gasteiger partial charge in [0.1, 0.15) is 6.10 Å². The monoisotopic (exact) mass is 177 g/mol. The van der Waals surface area contributed by atoms with Gasteiger partial charge in [0.2, 0.25) is 0 Å². The number of pyridine rings is 1. The summed E-state index contributed by atoms with van der Waals surface area (Å²) in [4.78, 5) is 15.5. The van der Waals surface area contributed by atoms with E-state index in [2.05, 4.69) is 11.9 Å². The summed E-state index contributed by atoms with van der Waals surface area (Å²) in [7, 11) is 0. The van der Waals surface area contributed by atoms with Crippen molar-refractivity contribution in [2.75, 3.05) is 0 Å². The summed E-state index contributed by atoms with van der Waals surface area (Å²) in [6.45, 7) is 2.06. The predicted octanol–water partition coefficient (Wildman–Crippen LogP) is 2.09. The standard InChI is InChI=1S/C10H11NO2/c1-2-4-8-9-7(10(12)13-8)5-3-6-11-9/h3,5-6,8H,2,4H2,1H3. The molecule has 0 saturated heterocycles. The molecular formula is C10H11NO2. The first-order chi connectivity index (χ1) is 6.33. The zero-order valence-electron chi connectivity index (χ0n) is 7.49. The van der Waals surface area contributed by atoms with Gasteiger partial charge in [-0.15, -0.1) is 0 Å². The van der Waals surface area contributed by atoms with Crippen molar-refractivity contribution >= 4 is 5.97 Å². The summed E-state index contributed by atoms with van der Waals surface area (Å²) < 4.78 is 5.17. The number of aromatic nitrogens is 1. The lowest BCUT2D eigenvalue weighted by Gasteiger charge is -2.06. The van der Waals surface area contributed by atoms with Crippen LogP contribution in [0.4, 0.5) is 0 Å². The second-order valence-corrected chi connectivity index (χ2v) is 3.12. The molecule has 3 nitrogen and oxygen atoms in total. The molecular weight excluding hydrogens is 166 g/mol. The van der Waals surface area contributed by atoms with Gasteiger partial charge in [-0.25, -0.2) is 4.79 Å². The van der Waals surface area contributed by atoms with E-state index >= 15 is 0 Å². The van der Waals surface area contributed by atoms with Crippen LogP contribution in [0.5, 0.6) is 0 Å². The number of carbonyl (C=O) groups is 1. The van der Waals surface area contributed by atoms with Crippen LogP contribution in [-0.4, -0.2) is 11.0 Å². The minimum absolute atomic E-state index is 0.117. The van der Waals surface area contributed by atoms with E-state index in [4.69, 9.17) is 4.74 Å². The Labute approximate surface area is 76.7 Å². The lowest BCUT2D eigenvalue weighted by Crippen LogP contribution is -1.98. The third kappa shape index (κ3) is 1.30. The van der Waals surface area contributed by atoms with Gasteiger partial charge in [-0.3, -0.25) is 4.98 Å². The van der Waals surface area contributed by atoms with E-state index in [1.807, 2.05) is 0 Å². The Bertz CT molecular complexity index is 335. The zero-order chi connectivity index (χ0) is 9.26. The van der Waals surface area contributed by atoms with Crippen molar-refractivity contribution in [3.05, 3.63) is 29.6 Å². The van der Waals surface area contributed by atoms with Crippen LogP contribution in [0.3, 0.4) is 0 Å². The molecule has 1 unspecified atom stereocenters. The highest BCUT2D eigenvalue weighted by molar-refractivity contribution is 5.93. The highest BCUT2D eigenvalue weighted by atomic mass is 16.5. The largest absolute Gasteiger partial charge is 0.452 e. The normalized spacial score (nSPS) is 19.8. The Morgan fingerprint density at radius 3 is 3.23 bits per heavy atom. The third-order valence-corrected chi connectivity index (χ3v) is 2.16. The molecule has 1 aromatic heterocycles. The summed E-state index contributed by atoms with van der Waals surface area (Å²) in [6.07, 6.45) is 3.43. The molecule has 1 atom stereocenters. The average Bonchev–Trinajstić information content (AvgIpc) is 2.46. The van der Waals surface area contributed by atoms with Crippen LogP contribution >= 0.6 is 0 Å². The molecule has 0 aliphatic carbocycles. The maximum absolute atomic E-state index is 11.3. The van der Waals surface area contributed by atoms with Crippen molar-refractivity contribution in [2.45, 2.75) is 25.9 Å². The van der Waals surface area contributed by atoms with Crippen LogP contribution in [0.2, 0.25) is 0 Å². The number of hydrogen-bond acceptors (Lipinski definition) is 3. The van der Waals surface area contributed by atoms with Gasteiger partial charge in [-0.1, -0.05) is 13.3 Å². The van der Waals surface area contributed by atoms with E-state index in [1.54, 1.807) is 18.3 Å². The van der Waals surface area contributed by atoms with Crippen LogP contribution in [0.1, 0.15) is 41.9 Å². The lowest BCUT2D eigenvalue weighted by atomic mass is 10.1. The first-order valence-corrected chi connectivity index (χ1v) is 4.49. The molecule has 0 fully saturated rings. The van der Waals surface area contributed by atoms with Crippen LogP contribution in [0.15, 0.2) is 18.3 Å². The summed E-state index contributed by atoms with van der Waals surface area (Å²) in [5.41, 5.74) is 1.43. The summed E-state index contributed by atoms with van der Waals surface area (Å²) >= 11 is 0. The van der Waals surface area contributed by atoms with Crippen molar-refractivity contribution in [1.82, 2.24) is 4.98 Å². The summed E-state index contributed by atoms with van der Waals surface area (Å²) in [5.74, 6) is -0.235. The second kappa shape index (κ2) is 3.17. The van der Waals surface area contributed by atoms with Gasteiger partial charge < -0.3 is 4.74 Å². The van der Waals surface area contributed by atoms with Gasteiger partial charge in [-0.05, 0) is 18.6 Å². The maximum Gasteiger partial charge on any atom is 0.340 e. The number of nitrogens with zero attached hydrogens (tertiary/aromatic N) is 1. The van der Waals surface area contributed by atoms with Gasteiger partial charge in [0, 0.05) is 6.20 Å². The SMILES string of the molecule is CCCC1OC(=O)c2cccnc21. The van der Waals surface area contributed by atoms with Crippen molar-refractivity contribution in [3.63, 3.8) is 0 Å². The number of fused-ring (bicyclic) bond motifs is 1. The Morgan fingerprint density at radius 2 is 2.46 bits per heavy atom. The summed E-state index contributed by atoms with van der Waals surface area (Å²) in [5, 5.41) is 0. The molecule has 0 bridgehead atoms. The topological polar surface area (TPSA) is 39.2 Å². The van der Waals surface area contributed by atoms with Gasteiger partial charge >= 0.3 is 5.97 Å². The lowest BCUT2D eigenvalue weighted by molar-refractivity contribution is 0.0362. The molecule has 0 spiro atoms. The van der Waals surface area contributed by atoms with Crippen molar-refractivity contribution in [3.8, 4) is 0 Å². The number of cyclic esters (lactones) is 1. The van der Waals surface area contributed by atoms with Crippen LogP contribution in [-0.2, 0) is 4.74 Å². The average molecular weight is 177 g/mol. The van der Waals surface area contributed by atoms with Gasteiger partial charge in [-0.2, -0.15) is 0 Å². The highest BCUT2D eigenvalue weighted by Gasteiger charge is 2.30. The quantitative estimate of drug-likeness (QED) is 0.649. The first kappa shape index (κ1) is 8.23. The second-order valence-electron chi connectivity index (χ2n) is 3.12. The third-order valence-electron chi connectivity index (χ3n) is 2.16. The molecule has 13 heavy (non-hydrogen) atoms. The van der Waals surface area contributed by atoms with E-state index < -0.39 is 0 Å². The number of rotatable bonds is 2. The van der Waals surface area contributed by atoms with Crippen LogP contribution in [0, 0.1) is 0 Å². The first-order valence-electron chi connectivity index (χ1n) is 4.49. The Balaban J connectivity index is 2.36. The van der Waals surface area contributed by atoms with Crippen molar-refractivity contribution in [2.24, 2.45) is 0 Å². The maximum atomic E-state index is 11.3. The van der Waals surface area contributed by atoms with Gasteiger partial charge in [0.25, 0.3) is 0 Å². The number of esters is 1. The molecule has 1 aliphatic rings. The van der Waals surface area contributed by atoms with E-state index in [-0.39, 0.29) is 12.1 Å². The smallest absolute Gasteiger partial charge is 0.340 e. The Hall–Kier alpha value is -1.38. The number of ether oxygens (including phenoxy) is 1. The fraction of sp³-hybridized carbons (Fsp3) is 0.400. The molecule has 68 valence electrons. The molecule has 2 heterocycles. The minimum Gasteiger partial charge on any atom is -0.452 e. The van der Waals surface area contributed by atoms with E-state index in [0.717, 1.165) is 18.5 Å². The zero-order valence-corrected chi connectivity index (χ0v) is 7.49. The highest BCUT2D eigenvalue weighted by Crippen LogP contribution is 2.31. The molecule has 1 aliphatic heterocycles. The van der Waals surface area contributed by atoms with Gasteiger partial charge in [0.05, 0.1) is 11.3 Å². The van der Waals surface area contributed by atoms with Crippen molar-refractivity contribution < 1.29 is 9.53 Å². The molecule has 0 amide bonds. The Kier molecular flexibility index (Phi) is 2.00. The summed E-state index contributed by atoms with van der Waals surface area (Å²) in [6, 6.07) is 3.52. The van der Waals surface area contributed by atoms with Crippen LogP contribution < -0.4 is 0 Å². The van der Waals surface area contributed by atoms with E-state index in [9.17, 15) is 4.79 Å². The molecule has 2 rings (SSSR count). The van der Waals surface area contributed by atoms with Crippen molar-refractivity contribution in [1.29, 1.82) is 0 Å². The fourth-order valence-corrected chi connectivity index (χ4v) is 1.55. The fourth-order valence-electron chi connectivity index (χ4n) is 1.55. The molecule has 1 aromatic rings. The minimum atomic E-state index is -0.235. The van der Waals surface area contributed by atoms with Gasteiger partial charge in [0.15, 0.2) is 0 Å². The number of carbonyl (C=O) groups excluding carboxylic acids is 1. The van der Waals surface area contributed by atoms with E-state index in [1.165, 1.54) is 0 Å². The molecule has 0 aromatic carbocycles. The molecule has 0 N–H and O–H groups in total. The van der Waals surface area contributed by atoms with E-state index in [0.29, 0.717) is 5.56 Å². The molecule has 0 saturated carbocycles. The number of hydrogen-bond donors (Lipinski definition) is 0. The predicted molar refractivity (Wildman–Crippen MR) is 47.3 cm³/mol. The molecule has 0 radical (unpaired) electrons. The van der Waals surface area contributed by atoms with Crippen LogP contribution in [0.25, 0.3) is 0 Å². The Morgan fingerprint density at radius 1 is 1.62 bits per heavy atom. The molecule has 3 heteroatoms.